The molecule has 1 N–H and O–H groups in total. The molecule has 0 aliphatic heterocycles. The summed E-state index contributed by atoms with van der Waals surface area (Å²) in [6, 6.07) is 8.03. The van der Waals surface area contributed by atoms with Crippen molar-refractivity contribution in [3.05, 3.63) is 53.0 Å². The predicted octanol–water partition coefficient (Wildman–Crippen LogP) is 3.79. The number of amides is 1. The van der Waals surface area contributed by atoms with E-state index >= 15 is 0 Å². The zero-order valence-electron chi connectivity index (χ0n) is 13.4. The van der Waals surface area contributed by atoms with Gasteiger partial charge in [-0.05, 0) is 44.2 Å². The van der Waals surface area contributed by atoms with Gasteiger partial charge < -0.3 is 5.32 Å². The maximum absolute atomic E-state index is 13.0. The van der Waals surface area contributed by atoms with Crippen LogP contribution in [-0.2, 0) is 11.3 Å². The molecule has 1 aromatic carbocycles. The zero-order chi connectivity index (χ0) is 17.1. The lowest BCUT2D eigenvalue weighted by Crippen LogP contribution is -2.15. The van der Waals surface area contributed by atoms with Gasteiger partial charge in [0.2, 0.25) is 5.91 Å². The number of thiazole rings is 1. The SMILES string of the molecule is Cc1cc(C)n(CCC(=O)Nc2scnc2-c2ccc(F)cc2)n1. The summed E-state index contributed by atoms with van der Waals surface area (Å²) in [5.74, 6) is -0.403. The van der Waals surface area contributed by atoms with Crippen LogP contribution in [0.3, 0.4) is 0 Å². The Hall–Kier alpha value is -2.54. The fourth-order valence-electron chi connectivity index (χ4n) is 2.45. The van der Waals surface area contributed by atoms with Crippen LogP contribution in [0.2, 0.25) is 0 Å². The molecule has 124 valence electrons. The molecular weight excluding hydrogens is 327 g/mol. The molecule has 7 heteroatoms. The van der Waals surface area contributed by atoms with Crippen molar-refractivity contribution in [3.63, 3.8) is 0 Å². The highest BCUT2D eigenvalue weighted by molar-refractivity contribution is 7.14. The normalized spacial score (nSPS) is 10.8. The lowest BCUT2D eigenvalue weighted by Gasteiger charge is -2.07. The molecule has 0 fully saturated rings. The van der Waals surface area contributed by atoms with Crippen molar-refractivity contribution in [2.24, 2.45) is 0 Å². The van der Waals surface area contributed by atoms with Crippen molar-refractivity contribution >= 4 is 22.2 Å². The van der Waals surface area contributed by atoms with Gasteiger partial charge in [0.15, 0.2) is 0 Å². The Morgan fingerprint density at radius 3 is 2.71 bits per heavy atom. The molecule has 1 amide bonds. The highest BCUT2D eigenvalue weighted by Crippen LogP contribution is 2.30. The number of benzene rings is 1. The first-order valence-electron chi connectivity index (χ1n) is 7.53. The van der Waals surface area contributed by atoms with Crippen molar-refractivity contribution in [1.29, 1.82) is 0 Å². The fraction of sp³-hybridized carbons (Fsp3) is 0.235. The minimum Gasteiger partial charge on any atom is -0.316 e. The molecule has 2 aromatic heterocycles. The van der Waals surface area contributed by atoms with Crippen LogP contribution in [-0.4, -0.2) is 20.7 Å². The molecule has 3 rings (SSSR count). The minimum atomic E-state index is -0.301. The average molecular weight is 344 g/mol. The van der Waals surface area contributed by atoms with E-state index in [2.05, 4.69) is 15.4 Å². The van der Waals surface area contributed by atoms with Gasteiger partial charge in [0.1, 0.15) is 16.5 Å². The van der Waals surface area contributed by atoms with Crippen LogP contribution < -0.4 is 5.32 Å². The van der Waals surface area contributed by atoms with Crippen LogP contribution in [0.15, 0.2) is 35.8 Å². The molecule has 0 saturated carbocycles. The minimum absolute atomic E-state index is 0.102. The number of halogens is 1. The summed E-state index contributed by atoms with van der Waals surface area (Å²) < 4.78 is 14.9. The molecule has 0 saturated heterocycles. The van der Waals surface area contributed by atoms with Crippen LogP contribution in [0.5, 0.6) is 0 Å². The average Bonchev–Trinajstić information content (AvgIpc) is 3.12. The van der Waals surface area contributed by atoms with Crippen molar-refractivity contribution < 1.29 is 9.18 Å². The van der Waals surface area contributed by atoms with Crippen LogP contribution in [0.25, 0.3) is 11.3 Å². The summed E-state index contributed by atoms with van der Waals surface area (Å²) in [7, 11) is 0. The molecule has 24 heavy (non-hydrogen) atoms. The Bertz CT molecular complexity index is 854. The van der Waals surface area contributed by atoms with E-state index in [0.717, 1.165) is 17.0 Å². The number of rotatable bonds is 5. The Labute approximate surface area is 143 Å². The summed E-state index contributed by atoms with van der Waals surface area (Å²) in [6.45, 7) is 4.42. The second-order valence-corrected chi connectivity index (χ2v) is 6.34. The summed E-state index contributed by atoms with van der Waals surface area (Å²) in [4.78, 5) is 16.5. The third-order valence-electron chi connectivity index (χ3n) is 3.59. The van der Waals surface area contributed by atoms with E-state index in [1.807, 2.05) is 24.6 Å². The molecular formula is C17H17FN4OS. The largest absolute Gasteiger partial charge is 0.316 e. The molecule has 0 aliphatic rings. The zero-order valence-corrected chi connectivity index (χ0v) is 14.2. The summed E-state index contributed by atoms with van der Waals surface area (Å²) in [5.41, 5.74) is 5.06. The summed E-state index contributed by atoms with van der Waals surface area (Å²) in [6.07, 6.45) is 0.322. The number of aromatic nitrogens is 3. The van der Waals surface area contributed by atoms with Crippen LogP contribution in [0.4, 0.5) is 9.39 Å². The van der Waals surface area contributed by atoms with Crippen LogP contribution in [0, 0.1) is 19.7 Å². The number of carbonyl (C=O) groups excluding carboxylic acids is 1. The number of nitrogens with zero attached hydrogens (tertiary/aromatic N) is 3. The van der Waals surface area contributed by atoms with Crippen molar-refractivity contribution in [1.82, 2.24) is 14.8 Å². The van der Waals surface area contributed by atoms with Gasteiger partial charge in [-0.2, -0.15) is 5.10 Å². The highest BCUT2D eigenvalue weighted by atomic mass is 32.1. The monoisotopic (exact) mass is 344 g/mol. The molecule has 0 radical (unpaired) electrons. The van der Waals surface area contributed by atoms with E-state index in [1.54, 1.807) is 17.6 Å². The number of hydrogen-bond acceptors (Lipinski definition) is 4. The maximum Gasteiger partial charge on any atom is 0.226 e. The van der Waals surface area contributed by atoms with E-state index in [0.29, 0.717) is 23.7 Å². The maximum atomic E-state index is 13.0. The predicted molar refractivity (Wildman–Crippen MR) is 92.5 cm³/mol. The van der Waals surface area contributed by atoms with Gasteiger partial charge in [0.25, 0.3) is 0 Å². The molecule has 3 aromatic rings. The molecule has 2 heterocycles. The van der Waals surface area contributed by atoms with E-state index in [1.165, 1.54) is 23.5 Å². The van der Waals surface area contributed by atoms with Crippen molar-refractivity contribution in [2.75, 3.05) is 5.32 Å². The molecule has 0 unspecified atom stereocenters. The van der Waals surface area contributed by atoms with E-state index in [9.17, 15) is 9.18 Å². The van der Waals surface area contributed by atoms with Gasteiger partial charge >= 0.3 is 0 Å². The third-order valence-corrected chi connectivity index (χ3v) is 4.33. The second-order valence-electron chi connectivity index (χ2n) is 5.49. The standard InChI is InChI=1S/C17H17FN4OS/c1-11-9-12(2)22(21-11)8-7-15(23)20-17-16(19-10-24-17)13-3-5-14(18)6-4-13/h3-6,9-10H,7-8H2,1-2H3,(H,20,23). The number of nitrogens with one attached hydrogen (secondary N) is 1. The van der Waals surface area contributed by atoms with E-state index in [-0.39, 0.29) is 11.7 Å². The summed E-state index contributed by atoms with van der Waals surface area (Å²) >= 11 is 1.35. The first-order valence-corrected chi connectivity index (χ1v) is 8.41. The Morgan fingerprint density at radius 2 is 2.04 bits per heavy atom. The van der Waals surface area contributed by atoms with Gasteiger partial charge in [0, 0.05) is 24.2 Å². The number of carbonyl (C=O) groups is 1. The van der Waals surface area contributed by atoms with Crippen molar-refractivity contribution in [3.8, 4) is 11.3 Å². The first-order chi connectivity index (χ1) is 11.5. The van der Waals surface area contributed by atoms with E-state index in [4.69, 9.17) is 0 Å². The van der Waals surface area contributed by atoms with Crippen molar-refractivity contribution in [2.45, 2.75) is 26.8 Å². The third kappa shape index (κ3) is 3.68. The fourth-order valence-corrected chi connectivity index (χ4v) is 3.16. The van der Waals surface area contributed by atoms with Crippen LogP contribution in [0.1, 0.15) is 17.8 Å². The van der Waals surface area contributed by atoms with Gasteiger partial charge in [-0.3, -0.25) is 9.48 Å². The Balaban J connectivity index is 1.66. The molecule has 0 bridgehead atoms. The lowest BCUT2D eigenvalue weighted by atomic mass is 10.1. The Kier molecular flexibility index (Phi) is 4.71. The highest BCUT2D eigenvalue weighted by Gasteiger charge is 2.12. The van der Waals surface area contributed by atoms with Gasteiger partial charge in [-0.25, -0.2) is 9.37 Å². The second kappa shape index (κ2) is 6.92. The first kappa shape index (κ1) is 16.3. The van der Waals surface area contributed by atoms with Crippen LogP contribution >= 0.6 is 11.3 Å². The number of hydrogen-bond donors (Lipinski definition) is 1. The molecule has 0 spiro atoms. The topological polar surface area (TPSA) is 59.8 Å². The number of anilines is 1. The number of aryl methyl sites for hydroxylation is 3. The molecule has 0 atom stereocenters. The van der Waals surface area contributed by atoms with Gasteiger partial charge in [-0.15, -0.1) is 11.3 Å². The quantitative estimate of drug-likeness (QED) is 0.766. The summed E-state index contributed by atoms with van der Waals surface area (Å²) in [5, 5.41) is 7.89. The smallest absolute Gasteiger partial charge is 0.226 e. The molecule has 0 aliphatic carbocycles. The van der Waals surface area contributed by atoms with E-state index < -0.39 is 0 Å². The van der Waals surface area contributed by atoms with Gasteiger partial charge in [0.05, 0.1) is 11.2 Å². The Morgan fingerprint density at radius 1 is 1.29 bits per heavy atom. The lowest BCUT2D eigenvalue weighted by molar-refractivity contribution is -0.116. The van der Waals surface area contributed by atoms with Gasteiger partial charge in [-0.1, -0.05) is 0 Å². The molecule has 5 nitrogen and oxygen atoms in total.